The van der Waals surface area contributed by atoms with Gasteiger partial charge in [0.2, 0.25) is 0 Å². The minimum Gasteiger partial charge on any atom is -0.225 e. The highest BCUT2D eigenvalue weighted by Gasteiger charge is 2.35. The number of aromatic nitrogens is 2. The average Bonchev–Trinajstić information content (AvgIpc) is 3.39. The predicted molar refractivity (Wildman–Crippen MR) is 151 cm³/mol. The lowest BCUT2D eigenvalue weighted by Gasteiger charge is -2.19. The molecule has 1 aliphatic carbocycles. The third-order valence-electron chi connectivity index (χ3n) is 8.00. The van der Waals surface area contributed by atoms with Crippen LogP contribution < -0.4 is 4.57 Å². The van der Waals surface area contributed by atoms with Gasteiger partial charge in [-0.1, -0.05) is 88.4 Å². The van der Waals surface area contributed by atoms with E-state index in [0.717, 1.165) is 6.42 Å². The average molecular weight is 472 g/mol. The Kier molecular flexibility index (Phi) is 5.37. The fourth-order valence-corrected chi connectivity index (χ4v) is 6.19. The van der Waals surface area contributed by atoms with Crippen LogP contribution in [0.15, 0.2) is 78.9 Å². The number of para-hydroxylation sites is 1. The molecule has 36 heavy (non-hydrogen) atoms. The molecule has 6 rings (SSSR count). The van der Waals surface area contributed by atoms with Gasteiger partial charge in [-0.3, -0.25) is 0 Å². The monoisotopic (exact) mass is 471 g/mol. The summed E-state index contributed by atoms with van der Waals surface area (Å²) in [7, 11) is 2.24. The SMILES string of the molecule is Cc1ccccc1-c1n(C)c2ccc3c(c2[n+]1-c1c(C(C)C)cccc1C(C)C)Cc1ccccc1-3. The van der Waals surface area contributed by atoms with Crippen molar-refractivity contribution in [3.05, 3.63) is 107 Å². The smallest absolute Gasteiger partial charge is 0.225 e. The van der Waals surface area contributed by atoms with Gasteiger partial charge in [-0.05, 0) is 59.2 Å². The Hall–Kier alpha value is -3.65. The second kappa shape index (κ2) is 8.48. The zero-order valence-corrected chi connectivity index (χ0v) is 22.3. The molecule has 0 fully saturated rings. The minimum absolute atomic E-state index is 0.417. The van der Waals surface area contributed by atoms with Crippen molar-refractivity contribution < 1.29 is 4.57 Å². The molecular weight excluding hydrogens is 436 g/mol. The summed E-state index contributed by atoms with van der Waals surface area (Å²) < 4.78 is 5.04. The lowest BCUT2D eigenvalue weighted by atomic mass is 9.92. The Morgan fingerprint density at radius 3 is 2.00 bits per heavy atom. The van der Waals surface area contributed by atoms with Crippen molar-refractivity contribution in [2.24, 2.45) is 7.05 Å². The van der Waals surface area contributed by atoms with Crippen molar-refractivity contribution in [2.45, 2.75) is 52.9 Å². The molecule has 5 aromatic rings. The molecule has 1 aliphatic rings. The molecule has 1 aromatic heterocycles. The first-order chi connectivity index (χ1) is 17.4. The van der Waals surface area contributed by atoms with E-state index in [0.29, 0.717) is 11.8 Å². The Morgan fingerprint density at radius 2 is 1.33 bits per heavy atom. The molecule has 0 atom stereocenters. The van der Waals surface area contributed by atoms with Crippen LogP contribution in [0.5, 0.6) is 0 Å². The van der Waals surface area contributed by atoms with Gasteiger partial charge in [0, 0.05) is 23.1 Å². The lowest BCUT2D eigenvalue weighted by molar-refractivity contribution is -0.557. The molecule has 0 unspecified atom stereocenters. The van der Waals surface area contributed by atoms with Gasteiger partial charge in [0.1, 0.15) is 5.69 Å². The van der Waals surface area contributed by atoms with Gasteiger partial charge in [0.05, 0.1) is 12.6 Å². The number of hydrogen-bond donors (Lipinski definition) is 0. The number of imidazole rings is 1. The van der Waals surface area contributed by atoms with Gasteiger partial charge in [-0.2, -0.15) is 4.57 Å². The Morgan fingerprint density at radius 1 is 0.694 bits per heavy atom. The van der Waals surface area contributed by atoms with Crippen LogP contribution in [-0.2, 0) is 13.5 Å². The van der Waals surface area contributed by atoms with Crippen molar-refractivity contribution in [2.75, 3.05) is 0 Å². The first-order valence-corrected chi connectivity index (χ1v) is 13.2. The van der Waals surface area contributed by atoms with Gasteiger partial charge in [-0.15, -0.1) is 0 Å². The highest BCUT2D eigenvalue weighted by Crippen LogP contribution is 2.42. The van der Waals surface area contributed by atoms with Crippen molar-refractivity contribution in [3.63, 3.8) is 0 Å². The first-order valence-electron chi connectivity index (χ1n) is 13.2. The summed E-state index contributed by atoms with van der Waals surface area (Å²) in [5, 5.41) is 0. The molecule has 0 saturated heterocycles. The van der Waals surface area contributed by atoms with Crippen molar-refractivity contribution >= 4 is 11.0 Å². The standard InChI is InChI=1S/C34H35N2/c1-21(2)25-16-11-17-26(22(3)4)32(25)36-33-30-20-24-13-8-10-15-28(24)29(30)18-19-31(33)35(6)34(36)27-14-9-7-12-23(27)5/h7-19,21-22H,20H2,1-6H3/q+1. The highest BCUT2D eigenvalue weighted by atomic mass is 15.2. The van der Waals surface area contributed by atoms with Crippen LogP contribution in [0.25, 0.3) is 39.2 Å². The van der Waals surface area contributed by atoms with Gasteiger partial charge < -0.3 is 0 Å². The molecule has 4 aromatic carbocycles. The van der Waals surface area contributed by atoms with E-state index in [1.54, 1.807) is 0 Å². The molecule has 0 radical (unpaired) electrons. The fraction of sp³-hybridized carbons (Fsp3) is 0.265. The second-order valence-electron chi connectivity index (χ2n) is 10.9. The molecule has 0 bridgehead atoms. The molecule has 1 heterocycles. The molecule has 2 heteroatoms. The van der Waals surface area contributed by atoms with E-state index in [1.165, 1.54) is 67.1 Å². The summed E-state index contributed by atoms with van der Waals surface area (Å²) >= 11 is 0. The first kappa shape index (κ1) is 22.8. The van der Waals surface area contributed by atoms with Crippen LogP contribution in [0.4, 0.5) is 0 Å². The van der Waals surface area contributed by atoms with Gasteiger partial charge in [0.25, 0.3) is 5.82 Å². The molecule has 0 aliphatic heterocycles. The largest absolute Gasteiger partial charge is 0.295 e. The van der Waals surface area contributed by atoms with Gasteiger partial charge in [-0.25, -0.2) is 4.57 Å². The zero-order chi connectivity index (χ0) is 25.1. The predicted octanol–water partition coefficient (Wildman–Crippen LogP) is 8.25. The quantitative estimate of drug-likeness (QED) is 0.229. The molecule has 0 N–H and O–H groups in total. The number of benzene rings is 4. The summed E-state index contributed by atoms with van der Waals surface area (Å²) in [6.45, 7) is 11.5. The van der Waals surface area contributed by atoms with E-state index < -0.39 is 0 Å². The van der Waals surface area contributed by atoms with Crippen molar-refractivity contribution in [3.8, 4) is 28.2 Å². The maximum atomic E-state index is 2.62. The normalized spacial score (nSPS) is 12.6. The number of hydrogen-bond acceptors (Lipinski definition) is 0. The van der Waals surface area contributed by atoms with E-state index in [4.69, 9.17) is 0 Å². The van der Waals surface area contributed by atoms with Gasteiger partial charge >= 0.3 is 0 Å². The molecule has 0 amide bonds. The van der Waals surface area contributed by atoms with Crippen LogP contribution in [0.1, 0.15) is 67.3 Å². The summed E-state index contributed by atoms with van der Waals surface area (Å²) in [6.07, 6.45) is 0.973. The Bertz CT molecular complexity index is 1610. The van der Waals surface area contributed by atoms with Crippen LogP contribution in [0.2, 0.25) is 0 Å². The Labute approximate surface area is 214 Å². The maximum absolute atomic E-state index is 2.62. The van der Waals surface area contributed by atoms with E-state index in [-0.39, 0.29) is 0 Å². The van der Waals surface area contributed by atoms with E-state index in [1.807, 2.05) is 0 Å². The lowest BCUT2D eigenvalue weighted by Crippen LogP contribution is -2.37. The summed E-state index contributed by atoms with van der Waals surface area (Å²) in [4.78, 5) is 0. The molecule has 0 saturated carbocycles. The third-order valence-corrected chi connectivity index (χ3v) is 8.00. The van der Waals surface area contributed by atoms with E-state index >= 15 is 0 Å². The summed E-state index contributed by atoms with van der Waals surface area (Å²) in [6, 6.07) is 29.3. The van der Waals surface area contributed by atoms with Crippen LogP contribution >= 0.6 is 0 Å². The summed E-state index contributed by atoms with van der Waals surface area (Å²) in [5.41, 5.74) is 15.0. The van der Waals surface area contributed by atoms with Crippen molar-refractivity contribution in [1.82, 2.24) is 4.57 Å². The van der Waals surface area contributed by atoms with Crippen molar-refractivity contribution in [1.29, 1.82) is 0 Å². The van der Waals surface area contributed by atoms with Gasteiger partial charge in [0.15, 0.2) is 11.0 Å². The summed E-state index contributed by atoms with van der Waals surface area (Å²) in [5.74, 6) is 2.09. The van der Waals surface area contributed by atoms with Crippen LogP contribution in [0.3, 0.4) is 0 Å². The third kappa shape index (κ3) is 3.27. The van der Waals surface area contributed by atoms with Crippen LogP contribution in [-0.4, -0.2) is 4.57 Å². The molecule has 2 nitrogen and oxygen atoms in total. The molecule has 0 spiro atoms. The number of aryl methyl sites for hydroxylation is 2. The second-order valence-corrected chi connectivity index (χ2v) is 10.9. The number of rotatable bonds is 4. The molecular formula is C34H35N2+. The van der Waals surface area contributed by atoms with Crippen LogP contribution in [0, 0.1) is 6.92 Å². The van der Waals surface area contributed by atoms with E-state index in [9.17, 15) is 0 Å². The molecule has 180 valence electrons. The topological polar surface area (TPSA) is 8.81 Å². The van der Waals surface area contributed by atoms with E-state index in [2.05, 4.69) is 130 Å². The number of nitrogens with zero attached hydrogens (tertiary/aromatic N) is 2. The zero-order valence-electron chi connectivity index (χ0n) is 22.3. The highest BCUT2D eigenvalue weighted by molar-refractivity contribution is 5.91. The minimum atomic E-state index is 0.417. The fourth-order valence-electron chi connectivity index (χ4n) is 6.19. The maximum Gasteiger partial charge on any atom is 0.295 e. The Balaban J connectivity index is 1.83. The number of fused-ring (bicyclic) bond motifs is 5.